The predicted molar refractivity (Wildman–Crippen MR) is 104 cm³/mol. The minimum absolute atomic E-state index is 0.0738. The molecule has 0 aliphatic heterocycles. The lowest BCUT2D eigenvalue weighted by Gasteiger charge is -2.19. The zero-order chi connectivity index (χ0) is 19.1. The summed E-state index contributed by atoms with van der Waals surface area (Å²) >= 11 is 11.8. The maximum absolute atomic E-state index is 12.4. The number of rotatable bonds is 7. The van der Waals surface area contributed by atoms with Crippen molar-refractivity contribution in [3.05, 3.63) is 58.1 Å². The van der Waals surface area contributed by atoms with Crippen LogP contribution in [0.3, 0.4) is 0 Å². The molecule has 1 N–H and O–H groups in total. The van der Waals surface area contributed by atoms with Crippen molar-refractivity contribution in [2.75, 3.05) is 25.0 Å². The first-order valence-corrected chi connectivity index (χ1v) is 8.97. The highest BCUT2D eigenvalue weighted by Gasteiger charge is 2.13. The van der Waals surface area contributed by atoms with Gasteiger partial charge in [0, 0.05) is 29.4 Å². The largest absolute Gasteiger partial charge is 0.482 e. The molecule has 138 valence electrons. The van der Waals surface area contributed by atoms with Gasteiger partial charge < -0.3 is 15.0 Å². The van der Waals surface area contributed by atoms with Crippen LogP contribution in [-0.2, 0) is 4.79 Å². The van der Waals surface area contributed by atoms with E-state index < -0.39 is 0 Å². The number of ether oxygens (including phenoxy) is 1. The predicted octanol–water partition coefficient (Wildman–Crippen LogP) is 4.49. The van der Waals surface area contributed by atoms with E-state index in [0.717, 1.165) is 0 Å². The van der Waals surface area contributed by atoms with Crippen molar-refractivity contribution < 1.29 is 14.3 Å². The summed E-state index contributed by atoms with van der Waals surface area (Å²) in [5, 5.41) is 3.53. The average Bonchev–Trinajstić information content (AvgIpc) is 2.62. The van der Waals surface area contributed by atoms with E-state index in [9.17, 15) is 9.59 Å². The summed E-state index contributed by atoms with van der Waals surface area (Å²) < 4.78 is 5.40. The first kappa shape index (κ1) is 20.1. The third-order valence-electron chi connectivity index (χ3n) is 3.70. The molecule has 2 aromatic carbocycles. The number of amides is 2. The second-order valence-corrected chi connectivity index (χ2v) is 6.31. The summed E-state index contributed by atoms with van der Waals surface area (Å²) in [5.74, 6) is -0.0598. The van der Waals surface area contributed by atoms with Crippen LogP contribution in [0.15, 0.2) is 42.5 Å². The summed E-state index contributed by atoms with van der Waals surface area (Å²) in [7, 11) is 0. The van der Waals surface area contributed by atoms with E-state index in [1.54, 1.807) is 47.4 Å². The van der Waals surface area contributed by atoms with Crippen molar-refractivity contribution in [3.8, 4) is 5.75 Å². The topological polar surface area (TPSA) is 58.6 Å². The standard InChI is InChI=1S/C19H20Cl2N2O3/c1-3-23(4-2)19(25)13-6-5-7-15(10-13)22-18(24)12-26-17-9-8-14(20)11-16(17)21/h5-11H,3-4,12H2,1-2H3,(H,22,24). The van der Waals surface area contributed by atoms with Crippen LogP contribution in [-0.4, -0.2) is 36.4 Å². The van der Waals surface area contributed by atoms with Crippen LogP contribution in [0.1, 0.15) is 24.2 Å². The monoisotopic (exact) mass is 394 g/mol. The molecule has 0 aliphatic carbocycles. The minimum atomic E-state index is -0.358. The Morgan fingerprint density at radius 1 is 1.08 bits per heavy atom. The Morgan fingerprint density at radius 2 is 1.81 bits per heavy atom. The molecular weight excluding hydrogens is 375 g/mol. The number of benzene rings is 2. The first-order valence-electron chi connectivity index (χ1n) is 8.21. The van der Waals surface area contributed by atoms with E-state index in [4.69, 9.17) is 27.9 Å². The van der Waals surface area contributed by atoms with Gasteiger partial charge in [0.25, 0.3) is 11.8 Å². The molecule has 0 aromatic heterocycles. The summed E-state index contributed by atoms with van der Waals surface area (Å²) in [5.41, 5.74) is 1.05. The number of carbonyl (C=O) groups is 2. The number of nitrogens with one attached hydrogen (secondary N) is 1. The van der Waals surface area contributed by atoms with E-state index >= 15 is 0 Å². The number of hydrogen-bond acceptors (Lipinski definition) is 3. The lowest BCUT2D eigenvalue weighted by Crippen LogP contribution is -2.30. The fourth-order valence-corrected chi connectivity index (χ4v) is 2.82. The van der Waals surface area contributed by atoms with Crippen molar-refractivity contribution in [2.24, 2.45) is 0 Å². The van der Waals surface area contributed by atoms with E-state index in [-0.39, 0.29) is 18.4 Å². The Hall–Kier alpha value is -2.24. The summed E-state index contributed by atoms with van der Waals surface area (Å²) in [4.78, 5) is 26.2. The Labute approximate surface area is 162 Å². The van der Waals surface area contributed by atoms with E-state index in [1.807, 2.05) is 13.8 Å². The Morgan fingerprint density at radius 3 is 2.46 bits per heavy atom. The third kappa shape index (κ3) is 5.38. The van der Waals surface area contributed by atoms with Gasteiger partial charge in [0.2, 0.25) is 0 Å². The highest BCUT2D eigenvalue weighted by Crippen LogP contribution is 2.27. The number of nitrogens with zero attached hydrogens (tertiary/aromatic N) is 1. The van der Waals surface area contributed by atoms with Gasteiger partial charge >= 0.3 is 0 Å². The molecule has 0 atom stereocenters. The van der Waals surface area contributed by atoms with E-state index in [1.165, 1.54) is 0 Å². The van der Waals surface area contributed by atoms with Gasteiger partial charge in [0.1, 0.15) is 5.75 Å². The number of hydrogen-bond donors (Lipinski definition) is 1. The second-order valence-electron chi connectivity index (χ2n) is 5.47. The van der Waals surface area contributed by atoms with Crippen molar-refractivity contribution in [1.82, 2.24) is 4.90 Å². The number of halogens is 2. The molecule has 2 aromatic rings. The van der Waals surface area contributed by atoms with Gasteiger partial charge in [-0.15, -0.1) is 0 Å². The molecule has 0 saturated heterocycles. The van der Waals surface area contributed by atoms with Gasteiger partial charge in [0.05, 0.1) is 5.02 Å². The van der Waals surface area contributed by atoms with Crippen molar-refractivity contribution >= 4 is 40.7 Å². The lowest BCUT2D eigenvalue weighted by atomic mass is 10.1. The minimum Gasteiger partial charge on any atom is -0.482 e. The zero-order valence-electron chi connectivity index (χ0n) is 14.6. The van der Waals surface area contributed by atoms with E-state index in [2.05, 4.69) is 5.32 Å². The normalized spacial score (nSPS) is 10.3. The van der Waals surface area contributed by atoms with Crippen molar-refractivity contribution in [1.29, 1.82) is 0 Å². The maximum atomic E-state index is 12.4. The SMILES string of the molecule is CCN(CC)C(=O)c1cccc(NC(=O)COc2ccc(Cl)cc2Cl)c1. The second kappa shape index (κ2) is 9.46. The van der Waals surface area contributed by atoms with E-state index in [0.29, 0.717) is 40.1 Å². The van der Waals surface area contributed by atoms with Gasteiger partial charge in [-0.25, -0.2) is 0 Å². The zero-order valence-corrected chi connectivity index (χ0v) is 16.1. The summed E-state index contributed by atoms with van der Waals surface area (Å²) in [6.07, 6.45) is 0. The Bertz CT molecular complexity index is 792. The van der Waals surface area contributed by atoms with Crippen molar-refractivity contribution in [3.63, 3.8) is 0 Å². The highest BCUT2D eigenvalue weighted by atomic mass is 35.5. The quantitative estimate of drug-likeness (QED) is 0.752. The highest BCUT2D eigenvalue weighted by molar-refractivity contribution is 6.35. The molecule has 0 heterocycles. The molecule has 0 saturated carbocycles. The van der Waals surface area contributed by atoms with Crippen LogP contribution in [0.4, 0.5) is 5.69 Å². The molecule has 0 unspecified atom stereocenters. The van der Waals surface area contributed by atoms with Gasteiger partial charge in [-0.3, -0.25) is 9.59 Å². The molecule has 2 rings (SSSR count). The molecule has 5 nitrogen and oxygen atoms in total. The summed E-state index contributed by atoms with van der Waals surface area (Å²) in [6.45, 7) is 4.89. The molecule has 0 fully saturated rings. The lowest BCUT2D eigenvalue weighted by molar-refractivity contribution is -0.118. The molecular formula is C19H20Cl2N2O3. The first-order chi connectivity index (χ1) is 12.4. The summed E-state index contributed by atoms with van der Waals surface area (Å²) in [6, 6.07) is 11.6. The van der Waals surface area contributed by atoms with Crippen LogP contribution in [0.25, 0.3) is 0 Å². The van der Waals surface area contributed by atoms with Crippen LogP contribution in [0, 0.1) is 0 Å². The molecule has 26 heavy (non-hydrogen) atoms. The van der Waals surface area contributed by atoms with Gasteiger partial charge in [-0.2, -0.15) is 0 Å². The van der Waals surface area contributed by atoms with Crippen LogP contribution >= 0.6 is 23.2 Å². The smallest absolute Gasteiger partial charge is 0.262 e. The third-order valence-corrected chi connectivity index (χ3v) is 4.23. The molecule has 0 bridgehead atoms. The Balaban J connectivity index is 1.98. The molecule has 7 heteroatoms. The maximum Gasteiger partial charge on any atom is 0.262 e. The van der Waals surface area contributed by atoms with Crippen LogP contribution in [0.5, 0.6) is 5.75 Å². The number of carbonyl (C=O) groups excluding carboxylic acids is 2. The molecule has 0 spiro atoms. The fourth-order valence-electron chi connectivity index (χ4n) is 2.36. The molecule has 2 amide bonds. The van der Waals surface area contributed by atoms with Crippen LogP contribution < -0.4 is 10.1 Å². The molecule has 0 aliphatic rings. The van der Waals surface area contributed by atoms with Crippen molar-refractivity contribution in [2.45, 2.75) is 13.8 Å². The van der Waals surface area contributed by atoms with Crippen LogP contribution in [0.2, 0.25) is 10.0 Å². The number of anilines is 1. The average molecular weight is 395 g/mol. The fraction of sp³-hybridized carbons (Fsp3) is 0.263. The van der Waals surface area contributed by atoms with Gasteiger partial charge in [-0.05, 0) is 50.2 Å². The molecule has 0 radical (unpaired) electrons. The van der Waals surface area contributed by atoms with Gasteiger partial charge in [-0.1, -0.05) is 29.3 Å². The van der Waals surface area contributed by atoms with Gasteiger partial charge in [0.15, 0.2) is 6.61 Å². The Kier molecular flexibility index (Phi) is 7.30.